The summed E-state index contributed by atoms with van der Waals surface area (Å²) >= 11 is 5.69. The average molecular weight is 328 g/mol. The van der Waals surface area contributed by atoms with E-state index in [0.29, 0.717) is 0 Å². The standard InChI is InChI=1S/C14H18BrNOS/c15-12-6-10-3-4-17-14(10)11(7-12)8-16-9-13-2-1-5-18-13/h6-7,13,16H,1-5,8-9H2. The molecule has 1 aromatic carbocycles. The Balaban J connectivity index is 1.61. The van der Waals surface area contributed by atoms with Crippen molar-refractivity contribution in [1.82, 2.24) is 5.32 Å². The van der Waals surface area contributed by atoms with Gasteiger partial charge >= 0.3 is 0 Å². The highest BCUT2D eigenvalue weighted by Crippen LogP contribution is 2.33. The molecule has 0 radical (unpaired) electrons. The molecular weight excluding hydrogens is 310 g/mol. The lowest BCUT2D eigenvalue weighted by molar-refractivity contribution is 0.352. The van der Waals surface area contributed by atoms with Crippen molar-refractivity contribution in [3.63, 3.8) is 0 Å². The number of hydrogen-bond acceptors (Lipinski definition) is 3. The van der Waals surface area contributed by atoms with Gasteiger partial charge in [0.25, 0.3) is 0 Å². The van der Waals surface area contributed by atoms with Crippen LogP contribution in [-0.4, -0.2) is 24.2 Å². The van der Waals surface area contributed by atoms with E-state index < -0.39 is 0 Å². The summed E-state index contributed by atoms with van der Waals surface area (Å²) in [5.74, 6) is 2.45. The van der Waals surface area contributed by atoms with Crippen molar-refractivity contribution >= 4 is 27.7 Å². The van der Waals surface area contributed by atoms with Crippen molar-refractivity contribution in [2.24, 2.45) is 0 Å². The summed E-state index contributed by atoms with van der Waals surface area (Å²) in [5.41, 5.74) is 2.64. The monoisotopic (exact) mass is 327 g/mol. The summed E-state index contributed by atoms with van der Waals surface area (Å²) in [6.45, 7) is 2.86. The summed E-state index contributed by atoms with van der Waals surface area (Å²) in [4.78, 5) is 0. The van der Waals surface area contributed by atoms with Gasteiger partial charge in [-0.05, 0) is 36.3 Å². The summed E-state index contributed by atoms with van der Waals surface area (Å²) in [5, 5.41) is 4.39. The third-order valence-corrected chi connectivity index (χ3v) is 5.39. The maximum absolute atomic E-state index is 5.74. The molecule has 2 aliphatic rings. The molecule has 0 bridgehead atoms. The second kappa shape index (κ2) is 5.85. The number of ether oxygens (including phenoxy) is 1. The minimum Gasteiger partial charge on any atom is -0.493 e. The van der Waals surface area contributed by atoms with Crippen LogP contribution in [0.5, 0.6) is 5.75 Å². The molecule has 3 rings (SSSR count). The molecule has 2 aliphatic heterocycles. The first kappa shape index (κ1) is 12.8. The molecule has 2 heterocycles. The number of rotatable bonds is 4. The number of hydrogen-bond donors (Lipinski definition) is 1. The zero-order valence-corrected chi connectivity index (χ0v) is 12.8. The highest BCUT2D eigenvalue weighted by Gasteiger charge is 2.18. The third-order valence-electron chi connectivity index (χ3n) is 3.54. The lowest BCUT2D eigenvalue weighted by atomic mass is 10.1. The summed E-state index contributed by atoms with van der Waals surface area (Å²) in [6.07, 6.45) is 3.79. The Labute approximate surface area is 121 Å². The highest BCUT2D eigenvalue weighted by molar-refractivity contribution is 9.10. The SMILES string of the molecule is Brc1cc2c(c(CNCC3CCCS3)c1)OCC2. The molecule has 4 heteroatoms. The van der Waals surface area contributed by atoms with E-state index in [4.69, 9.17) is 4.74 Å². The largest absolute Gasteiger partial charge is 0.493 e. The highest BCUT2D eigenvalue weighted by atomic mass is 79.9. The molecular formula is C14H18BrNOS. The van der Waals surface area contributed by atoms with Crippen molar-refractivity contribution in [3.8, 4) is 5.75 Å². The molecule has 1 fully saturated rings. The Bertz CT molecular complexity index is 432. The molecule has 0 saturated carbocycles. The molecule has 0 spiro atoms. The Kier molecular flexibility index (Phi) is 4.16. The lowest BCUT2D eigenvalue weighted by Gasteiger charge is -2.13. The molecule has 1 aromatic rings. The molecule has 0 amide bonds. The van der Waals surface area contributed by atoms with Crippen LogP contribution in [0.15, 0.2) is 16.6 Å². The fraction of sp³-hybridized carbons (Fsp3) is 0.571. The first-order valence-corrected chi connectivity index (χ1v) is 8.43. The van der Waals surface area contributed by atoms with Crippen LogP contribution in [-0.2, 0) is 13.0 Å². The fourth-order valence-electron chi connectivity index (χ4n) is 2.65. The Morgan fingerprint density at radius 3 is 3.22 bits per heavy atom. The summed E-state index contributed by atoms with van der Waals surface area (Å²) < 4.78 is 6.91. The van der Waals surface area contributed by atoms with Crippen molar-refractivity contribution in [1.29, 1.82) is 0 Å². The van der Waals surface area contributed by atoms with Gasteiger partial charge in [-0.15, -0.1) is 0 Å². The quantitative estimate of drug-likeness (QED) is 0.916. The van der Waals surface area contributed by atoms with Crippen LogP contribution in [0.4, 0.5) is 0 Å². The number of fused-ring (bicyclic) bond motifs is 1. The maximum Gasteiger partial charge on any atom is 0.127 e. The second-order valence-electron chi connectivity index (χ2n) is 4.92. The zero-order chi connectivity index (χ0) is 12.4. The van der Waals surface area contributed by atoms with Crippen molar-refractivity contribution in [3.05, 3.63) is 27.7 Å². The van der Waals surface area contributed by atoms with Crippen LogP contribution in [0.3, 0.4) is 0 Å². The Hall–Kier alpha value is -0.190. The Morgan fingerprint density at radius 1 is 1.44 bits per heavy atom. The van der Waals surface area contributed by atoms with Crippen LogP contribution in [0.2, 0.25) is 0 Å². The van der Waals surface area contributed by atoms with Crippen LogP contribution in [0, 0.1) is 0 Å². The van der Waals surface area contributed by atoms with Gasteiger partial charge < -0.3 is 10.1 Å². The maximum atomic E-state index is 5.74. The van der Waals surface area contributed by atoms with Gasteiger partial charge in [-0.1, -0.05) is 15.9 Å². The van der Waals surface area contributed by atoms with Crippen LogP contribution < -0.4 is 10.1 Å². The number of halogens is 1. The molecule has 1 unspecified atom stereocenters. The summed E-state index contributed by atoms with van der Waals surface area (Å²) in [6, 6.07) is 4.36. The van der Waals surface area contributed by atoms with Gasteiger partial charge in [0.2, 0.25) is 0 Å². The van der Waals surface area contributed by atoms with Gasteiger partial charge in [0.15, 0.2) is 0 Å². The van der Waals surface area contributed by atoms with E-state index in [1.54, 1.807) is 0 Å². The minimum atomic E-state index is 0.811. The predicted molar refractivity (Wildman–Crippen MR) is 80.5 cm³/mol. The van der Waals surface area contributed by atoms with Gasteiger partial charge in [0, 0.05) is 34.8 Å². The van der Waals surface area contributed by atoms with Crippen LogP contribution in [0.1, 0.15) is 24.0 Å². The molecule has 98 valence electrons. The van der Waals surface area contributed by atoms with E-state index in [1.165, 1.54) is 34.2 Å². The number of benzene rings is 1. The average Bonchev–Trinajstić information content (AvgIpc) is 2.98. The van der Waals surface area contributed by atoms with E-state index in [2.05, 4.69) is 45.1 Å². The molecule has 1 atom stereocenters. The van der Waals surface area contributed by atoms with Gasteiger partial charge in [0.05, 0.1) is 6.61 Å². The van der Waals surface area contributed by atoms with E-state index >= 15 is 0 Å². The minimum absolute atomic E-state index is 0.811. The van der Waals surface area contributed by atoms with E-state index in [1.807, 2.05) is 0 Å². The van der Waals surface area contributed by atoms with Gasteiger partial charge in [-0.2, -0.15) is 11.8 Å². The van der Waals surface area contributed by atoms with Crippen molar-refractivity contribution in [2.45, 2.75) is 31.1 Å². The van der Waals surface area contributed by atoms with Gasteiger partial charge in [-0.25, -0.2) is 0 Å². The third kappa shape index (κ3) is 2.86. The van der Waals surface area contributed by atoms with Crippen molar-refractivity contribution < 1.29 is 4.74 Å². The zero-order valence-electron chi connectivity index (χ0n) is 10.4. The van der Waals surface area contributed by atoms with Gasteiger partial charge in [-0.3, -0.25) is 0 Å². The summed E-state index contributed by atoms with van der Waals surface area (Å²) in [7, 11) is 0. The molecule has 1 N–H and O–H groups in total. The predicted octanol–water partition coefficient (Wildman–Crippen LogP) is 3.37. The fourth-order valence-corrected chi connectivity index (χ4v) is 4.44. The van der Waals surface area contributed by atoms with E-state index in [-0.39, 0.29) is 0 Å². The number of nitrogens with one attached hydrogen (secondary N) is 1. The van der Waals surface area contributed by atoms with E-state index in [9.17, 15) is 0 Å². The molecule has 1 saturated heterocycles. The van der Waals surface area contributed by atoms with Crippen LogP contribution in [0.25, 0.3) is 0 Å². The molecule has 18 heavy (non-hydrogen) atoms. The normalized spacial score (nSPS) is 21.9. The molecule has 0 aromatic heterocycles. The molecule has 2 nitrogen and oxygen atoms in total. The van der Waals surface area contributed by atoms with Crippen LogP contribution >= 0.6 is 27.7 Å². The van der Waals surface area contributed by atoms with Crippen molar-refractivity contribution in [2.75, 3.05) is 18.9 Å². The smallest absolute Gasteiger partial charge is 0.127 e. The topological polar surface area (TPSA) is 21.3 Å². The number of thioether (sulfide) groups is 1. The molecule has 0 aliphatic carbocycles. The lowest BCUT2D eigenvalue weighted by Crippen LogP contribution is -2.22. The first-order chi connectivity index (χ1) is 8.83. The first-order valence-electron chi connectivity index (χ1n) is 6.59. The second-order valence-corrected chi connectivity index (χ2v) is 7.24. The Morgan fingerprint density at radius 2 is 2.39 bits per heavy atom. The van der Waals surface area contributed by atoms with E-state index in [0.717, 1.165) is 37.1 Å². The van der Waals surface area contributed by atoms with Gasteiger partial charge in [0.1, 0.15) is 5.75 Å².